The zero-order valence-electron chi connectivity index (χ0n) is 14.0. The van der Waals surface area contributed by atoms with Crippen LogP contribution in [0.1, 0.15) is 28.5 Å². The molecule has 0 spiro atoms. The topological polar surface area (TPSA) is 75.1 Å². The van der Waals surface area contributed by atoms with Gasteiger partial charge < -0.3 is 10.4 Å². The number of hydrogen-bond acceptors (Lipinski definition) is 5. The second-order valence-corrected chi connectivity index (χ2v) is 8.78. The molecule has 2 aromatic heterocycles. The number of benzene rings is 1. The number of nitrogens with zero attached hydrogens (tertiary/aromatic N) is 2. The Labute approximate surface area is 171 Å². The highest BCUT2D eigenvalue weighted by atomic mass is 79.9. The number of aromatic carboxylic acids is 1. The maximum absolute atomic E-state index is 11.0. The molecule has 2 N–H and O–H groups in total. The fourth-order valence-corrected chi connectivity index (χ4v) is 4.49. The number of aromatic nitrogens is 2. The van der Waals surface area contributed by atoms with Gasteiger partial charge in [-0.25, -0.2) is 14.8 Å². The zero-order chi connectivity index (χ0) is 18.8. The fourth-order valence-electron chi connectivity index (χ4n) is 2.52. The maximum atomic E-state index is 11.0. The smallest absolute Gasteiger partial charge is 0.335 e. The van der Waals surface area contributed by atoms with Crippen molar-refractivity contribution in [3.8, 4) is 10.7 Å². The number of rotatable bonds is 5. The number of thiophene rings is 1. The monoisotopic (exact) mass is 495 g/mol. The molecule has 8 heteroatoms. The molecule has 5 nitrogen and oxygen atoms in total. The summed E-state index contributed by atoms with van der Waals surface area (Å²) in [5.74, 6) is 0.444. The van der Waals surface area contributed by atoms with E-state index < -0.39 is 5.97 Å². The zero-order valence-corrected chi connectivity index (χ0v) is 18.0. The average Bonchev–Trinajstić information content (AvgIpc) is 2.94. The van der Waals surface area contributed by atoms with Crippen molar-refractivity contribution in [1.29, 1.82) is 0 Å². The number of aryl methyl sites for hydroxylation is 1. The lowest BCUT2D eigenvalue weighted by Crippen LogP contribution is -2.05. The van der Waals surface area contributed by atoms with Crippen LogP contribution in [-0.2, 0) is 6.42 Å². The normalized spacial score (nSPS) is 10.8. The molecule has 2 heterocycles. The van der Waals surface area contributed by atoms with Gasteiger partial charge in [0.25, 0.3) is 0 Å². The molecule has 134 valence electrons. The van der Waals surface area contributed by atoms with Gasteiger partial charge in [-0.1, -0.05) is 6.92 Å². The Kier molecular flexibility index (Phi) is 5.74. The van der Waals surface area contributed by atoms with Crippen LogP contribution < -0.4 is 5.32 Å². The Morgan fingerprint density at radius 1 is 1.23 bits per heavy atom. The quantitative estimate of drug-likeness (QED) is 0.450. The SMILES string of the molecule is CCc1c(C)nc(-c2cc(Br)c(Br)s2)nc1Nc1ccc(C(=O)O)cc1. The first-order valence-corrected chi connectivity index (χ1v) is 10.2. The summed E-state index contributed by atoms with van der Waals surface area (Å²) >= 11 is 8.56. The Morgan fingerprint density at radius 3 is 2.46 bits per heavy atom. The molecule has 0 aliphatic carbocycles. The van der Waals surface area contributed by atoms with E-state index in [1.54, 1.807) is 35.6 Å². The predicted molar refractivity (Wildman–Crippen MR) is 112 cm³/mol. The number of halogens is 2. The minimum absolute atomic E-state index is 0.249. The van der Waals surface area contributed by atoms with Crippen molar-refractivity contribution in [1.82, 2.24) is 9.97 Å². The van der Waals surface area contributed by atoms with Crippen LogP contribution in [0, 0.1) is 6.92 Å². The van der Waals surface area contributed by atoms with Crippen LogP contribution in [0.3, 0.4) is 0 Å². The van der Waals surface area contributed by atoms with Crippen molar-refractivity contribution in [2.45, 2.75) is 20.3 Å². The van der Waals surface area contributed by atoms with E-state index in [1.807, 2.05) is 13.0 Å². The molecular weight excluding hydrogens is 482 g/mol. The van der Waals surface area contributed by atoms with Crippen molar-refractivity contribution in [3.63, 3.8) is 0 Å². The summed E-state index contributed by atoms with van der Waals surface area (Å²) in [4.78, 5) is 21.3. The summed E-state index contributed by atoms with van der Waals surface area (Å²) in [5, 5.41) is 12.3. The van der Waals surface area contributed by atoms with Crippen LogP contribution in [0.5, 0.6) is 0 Å². The molecule has 0 radical (unpaired) electrons. The first-order valence-electron chi connectivity index (χ1n) is 7.82. The average molecular weight is 497 g/mol. The van der Waals surface area contributed by atoms with E-state index in [9.17, 15) is 4.79 Å². The molecule has 0 aliphatic heterocycles. The van der Waals surface area contributed by atoms with E-state index >= 15 is 0 Å². The third-order valence-corrected chi connectivity index (χ3v) is 7.08. The number of nitrogens with one attached hydrogen (secondary N) is 1. The molecular formula is C18H15Br2N3O2S. The molecule has 1 aromatic carbocycles. The van der Waals surface area contributed by atoms with E-state index in [-0.39, 0.29) is 5.56 Å². The van der Waals surface area contributed by atoms with Crippen LogP contribution in [0.25, 0.3) is 10.7 Å². The van der Waals surface area contributed by atoms with Crippen LogP contribution in [0.15, 0.2) is 38.6 Å². The molecule has 0 aliphatic rings. The predicted octanol–water partition coefficient (Wildman–Crippen LogP) is 6.04. The lowest BCUT2D eigenvalue weighted by molar-refractivity contribution is 0.0697. The summed E-state index contributed by atoms with van der Waals surface area (Å²) < 4.78 is 1.96. The molecule has 26 heavy (non-hydrogen) atoms. The second-order valence-electron chi connectivity index (χ2n) is 5.55. The minimum atomic E-state index is -0.945. The highest BCUT2D eigenvalue weighted by Gasteiger charge is 2.15. The molecule has 0 saturated carbocycles. The standard InChI is InChI=1S/C18H15Br2N3O2S/c1-3-12-9(2)21-17(14-8-13(19)15(20)26-14)23-16(12)22-11-6-4-10(5-7-11)18(24)25/h4-8H,3H2,1-2H3,(H,24,25)(H,21,22,23). The molecule has 0 unspecified atom stereocenters. The fraction of sp³-hybridized carbons (Fsp3) is 0.167. The molecule has 0 bridgehead atoms. The number of carboxylic acid groups (broad SMARTS) is 1. The minimum Gasteiger partial charge on any atom is -0.478 e. The van der Waals surface area contributed by atoms with Gasteiger partial charge in [0.05, 0.1) is 14.2 Å². The highest BCUT2D eigenvalue weighted by Crippen LogP contribution is 2.38. The molecule has 3 aromatic rings. The largest absolute Gasteiger partial charge is 0.478 e. The number of hydrogen-bond donors (Lipinski definition) is 2. The molecule has 0 saturated heterocycles. The van der Waals surface area contributed by atoms with Gasteiger partial charge in [0.15, 0.2) is 5.82 Å². The molecule has 3 rings (SSSR count). The van der Waals surface area contributed by atoms with Crippen molar-refractivity contribution in [2.75, 3.05) is 5.32 Å². The van der Waals surface area contributed by atoms with Crippen molar-refractivity contribution in [2.24, 2.45) is 0 Å². The first-order chi connectivity index (χ1) is 12.4. The van der Waals surface area contributed by atoms with Crippen LogP contribution in [-0.4, -0.2) is 21.0 Å². The lowest BCUT2D eigenvalue weighted by atomic mass is 10.1. The van der Waals surface area contributed by atoms with Crippen LogP contribution in [0.4, 0.5) is 11.5 Å². The van der Waals surface area contributed by atoms with Crippen molar-refractivity contribution < 1.29 is 9.90 Å². The van der Waals surface area contributed by atoms with Gasteiger partial charge >= 0.3 is 5.97 Å². The van der Waals surface area contributed by atoms with E-state index in [2.05, 4.69) is 49.1 Å². The van der Waals surface area contributed by atoms with Crippen LogP contribution in [0.2, 0.25) is 0 Å². The first kappa shape index (κ1) is 19.0. The lowest BCUT2D eigenvalue weighted by Gasteiger charge is -2.13. The highest BCUT2D eigenvalue weighted by molar-refractivity contribution is 9.13. The van der Waals surface area contributed by atoms with Gasteiger partial charge in [-0.15, -0.1) is 11.3 Å². The number of carboxylic acids is 1. The summed E-state index contributed by atoms with van der Waals surface area (Å²) in [6.45, 7) is 4.03. The van der Waals surface area contributed by atoms with E-state index in [0.717, 1.165) is 42.3 Å². The Morgan fingerprint density at radius 2 is 1.92 bits per heavy atom. The number of anilines is 2. The summed E-state index contributed by atoms with van der Waals surface area (Å²) in [6.07, 6.45) is 0.791. The Bertz CT molecular complexity index is 952. The van der Waals surface area contributed by atoms with E-state index in [0.29, 0.717) is 5.82 Å². The maximum Gasteiger partial charge on any atom is 0.335 e. The van der Waals surface area contributed by atoms with Gasteiger partial charge in [-0.3, -0.25) is 0 Å². The summed E-state index contributed by atoms with van der Waals surface area (Å²) in [7, 11) is 0. The van der Waals surface area contributed by atoms with E-state index in [4.69, 9.17) is 10.1 Å². The van der Waals surface area contributed by atoms with E-state index in [1.165, 1.54) is 0 Å². The van der Waals surface area contributed by atoms with Crippen molar-refractivity contribution >= 4 is 60.7 Å². The van der Waals surface area contributed by atoms with Crippen LogP contribution >= 0.6 is 43.2 Å². The molecule has 0 atom stereocenters. The Hall–Kier alpha value is -1.77. The van der Waals surface area contributed by atoms with Crippen molar-refractivity contribution in [3.05, 3.63) is 55.4 Å². The van der Waals surface area contributed by atoms with Gasteiger partial charge in [0, 0.05) is 21.4 Å². The van der Waals surface area contributed by atoms with Gasteiger partial charge in [-0.2, -0.15) is 0 Å². The second kappa shape index (κ2) is 7.85. The number of carbonyl (C=O) groups is 1. The molecule has 0 amide bonds. The molecule has 0 fully saturated rings. The van der Waals surface area contributed by atoms with Gasteiger partial charge in [0.2, 0.25) is 0 Å². The summed E-state index contributed by atoms with van der Waals surface area (Å²) in [5.41, 5.74) is 2.98. The third-order valence-electron chi connectivity index (χ3n) is 3.83. The van der Waals surface area contributed by atoms with Gasteiger partial charge in [-0.05, 0) is 75.5 Å². The van der Waals surface area contributed by atoms with Gasteiger partial charge in [0.1, 0.15) is 5.82 Å². The summed E-state index contributed by atoms with van der Waals surface area (Å²) in [6, 6.07) is 8.59. The third kappa shape index (κ3) is 3.97. The Balaban J connectivity index is 2.00.